The molecule has 5 rings (SSSR count). The molecule has 7 heteroatoms. The largest absolute Gasteiger partial charge is 0.461 e. The van der Waals surface area contributed by atoms with Crippen molar-refractivity contribution in [3.63, 3.8) is 0 Å². The topological polar surface area (TPSA) is 76.2 Å². The molecule has 1 saturated heterocycles. The fourth-order valence-electron chi connectivity index (χ4n) is 3.88. The van der Waals surface area contributed by atoms with Gasteiger partial charge in [-0.1, -0.05) is 30.3 Å². The molecule has 1 N–H and O–H groups in total. The van der Waals surface area contributed by atoms with Gasteiger partial charge in [0.1, 0.15) is 5.52 Å². The van der Waals surface area contributed by atoms with E-state index in [9.17, 15) is 4.79 Å². The minimum atomic E-state index is -0.0479. The minimum absolute atomic E-state index is 0.0479. The van der Waals surface area contributed by atoms with Crippen LogP contribution in [0.15, 0.2) is 71.5 Å². The normalized spacial score (nSPS) is 16.4. The van der Waals surface area contributed by atoms with Crippen LogP contribution in [0.1, 0.15) is 18.0 Å². The summed E-state index contributed by atoms with van der Waals surface area (Å²) in [5.74, 6) is 1.45. The number of carbonyl (C=O) groups is 1. The number of likely N-dealkylation sites (tertiary alicyclic amines) is 1. The summed E-state index contributed by atoms with van der Waals surface area (Å²) in [6.45, 7) is 1.82. The number of benzene rings is 1. The zero-order valence-electron chi connectivity index (χ0n) is 15.9. The van der Waals surface area contributed by atoms with E-state index >= 15 is 0 Å². The first-order chi connectivity index (χ1) is 14.3. The molecule has 4 heterocycles. The molecule has 7 nitrogen and oxygen atoms in total. The van der Waals surface area contributed by atoms with Gasteiger partial charge in [0, 0.05) is 25.8 Å². The Morgan fingerprint density at radius 2 is 2.03 bits per heavy atom. The van der Waals surface area contributed by atoms with Gasteiger partial charge in [0.15, 0.2) is 17.2 Å². The van der Waals surface area contributed by atoms with E-state index in [0.29, 0.717) is 25.4 Å². The molecule has 29 heavy (non-hydrogen) atoms. The van der Waals surface area contributed by atoms with Crippen molar-refractivity contribution in [2.75, 3.05) is 13.1 Å². The Kier molecular flexibility index (Phi) is 4.48. The summed E-state index contributed by atoms with van der Waals surface area (Å²) < 4.78 is 7.72. The molecular weight excluding hydrogens is 366 g/mol. The maximum absolute atomic E-state index is 12.7. The smallest absolute Gasteiger partial charge is 0.317 e. The molecule has 0 aliphatic carbocycles. The van der Waals surface area contributed by atoms with E-state index < -0.39 is 0 Å². The van der Waals surface area contributed by atoms with Crippen molar-refractivity contribution in [2.45, 2.75) is 19.0 Å². The number of carbonyl (C=O) groups excluding carboxylic acids is 1. The van der Waals surface area contributed by atoms with E-state index in [0.717, 1.165) is 29.0 Å². The van der Waals surface area contributed by atoms with Gasteiger partial charge in [-0.15, -0.1) is 0 Å². The summed E-state index contributed by atoms with van der Waals surface area (Å²) in [5, 5.41) is 3.01. The van der Waals surface area contributed by atoms with E-state index in [4.69, 9.17) is 9.40 Å². The fourth-order valence-corrected chi connectivity index (χ4v) is 3.88. The van der Waals surface area contributed by atoms with Crippen LogP contribution in [0.5, 0.6) is 0 Å². The van der Waals surface area contributed by atoms with Gasteiger partial charge >= 0.3 is 6.03 Å². The Labute approximate surface area is 168 Å². The van der Waals surface area contributed by atoms with Crippen LogP contribution in [0.25, 0.3) is 22.7 Å². The molecule has 3 aromatic heterocycles. The van der Waals surface area contributed by atoms with E-state index in [1.807, 2.05) is 59.5 Å². The SMILES string of the molecule is O=C(NCc1ccccc1)N1CC[C@@H](n2c(-c3ccco3)nc3cccnc32)C1. The lowest BCUT2D eigenvalue weighted by molar-refractivity contribution is 0.207. The molecule has 0 saturated carbocycles. The van der Waals surface area contributed by atoms with Gasteiger partial charge < -0.3 is 19.2 Å². The molecule has 2 amide bonds. The van der Waals surface area contributed by atoms with Crippen molar-refractivity contribution in [1.29, 1.82) is 0 Å². The number of hydrogen-bond donors (Lipinski definition) is 1. The number of hydrogen-bond acceptors (Lipinski definition) is 4. The van der Waals surface area contributed by atoms with Crippen LogP contribution in [-0.2, 0) is 6.54 Å². The maximum atomic E-state index is 12.7. The van der Waals surface area contributed by atoms with Gasteiger partial charge in [-0.25, -0.2) is 14.8 Å². The molecule has 0 unspecified atom stereocenters. The first-order valence-electron chi connectivity index (χ1n) is 9.73. The molecule has 1 atom stereocenters. The van der Waals surface area contributed by atoms with Gasteiger partial charge in [0.2, 0.25) is 0 Å². The predicted molar refractivity (Wildman–Crippen MR) is 109 cm³/mol. The lowest BCUT2D eigenvalue weighted by Crippen LogP contribution is -2.38. The number of fused-ring (bicyclic) bond motifs is 1. The minimum Gasteiger partial charge on any atom is -0.461 e. The Hall–Kier alpha value is -3.61. The van der Waals surface area contributed by atoms with Crippen molar-refractivity contribution in [2.24, 2.45) is 0 Å². The summed E-state index contributed by atoms with van der Waals surface area (Å²) in [6.07, 6.45) is 4.25. The van der Waals surface area contributed by atoms with Gasteiger partial charge in [0.05, 0.1) is 12.3 Å². The van der Waals surface area contributed by atoms with E-state index in [-0.39, 0.29) is 12.1 Å². The van der Waals surface area contributed by atoms with E-state index in [1.165, 1.54) is 0 Å². The summed E-state index contributed by atoms with van der Waals surface area (Å²) in [5.41, 5.74) is 2.72. The van der Waals surface area contributed by atoms with E-state index in [2.05, 4.69) is 14.9 Å². The Morgan fingerprint density at radius 1 is 1.14 bits per heavy atom. The number of pyridine rings is 1. The molecule has 0 spiro atoms. The third-order valence-corrected chi connectivity index (χ3v) is 5.29. The highest BCUT2D eigenvalue weighted by atomic mass is 16.3. The van der Waals surface area contributed by atoms with Crippen molar-refractivity contribution in [3.05, 3.63) is 72.6 Å². The molecule has 0 radical (unpaired) electrons. The van der Waals surface area contributed by atoms with Crippen LogP contribution in [0.2, 0.25) is 0 Å². The van der Waals surface area contributed by atoms with Crippen LogP contribution < -0.4 is 5.32 Å². The number of nitrogens with zero attached hydrogens (tertiary/aromatic N) is 4. The first-order valence-corrected chi connectivity index (χ1v) is 9.73. The van der Waals surface area contributed by atoms with Crippen LogP contribution in [0.4, 0.5) is 4.79 Å². The van der Waals surface area contributed by atoms with Crippen LogP contribution in [0.3, 0.4) is 0 Å². The number of aromatic nitrogens is 3. The number of rotatable bonds is 4. The second-order valence-corrected chi connectivity index (χ2v) is 7.16. The van der Waals surface area contributed by atoms with Crippen molar-refractivity contribution in [3.8, 4) is 11.6 Å². The lowest BCUT2D eigenvalue weighted by Gasteiger charge is -2.19. The number of amides is 2. The molecule has 1 aliphatic rings. The Balaban J connectivity index is 1.37. The van der Waals surface area contributed by atoms with Crippen LogP contribution >= 0.6 is 0 Å². The molecule has 146 valence electrons. The van der Waals surface area contributed by atoms with Gasteiger partial charge in [-0.05, 0) is 36.2 Å². The Morgan fingerprint density at radius 3 is 2.86 bits per heavy atom. The van der Waals surface area contributed by atoms with Crippen molar-refractivity contribution < 1.29 is 9.21 Å². The van der Waals surface area contributed by atoms with Crippen LogP contribution in [-0.4, -0.2) is 38.6 Å². The molecule has 4 aromatic rings. The highest BCUT2D eigenvalue weighted by Gasteiger charge is 2.31. The highest BCUT2D eigenvalue weighted by molar-refractivity contribution is 5.77. The highest BCUT2D eigenvalue weighted by Crippen LogP contribution is 2.32. The first kappa shape index (κ1) is 17.5. The second kappa shape index (κ2) is 7.43. The number of nitrogens with one attached hydrogen (secondary N) is 1. The molecule has 1 fully saturated rings. The third kappa shape index (κ3) is 3.35. The third-order valence-electron chi connectivity index (χ3n) is 5.29. The zero-order valence-corrected chi connectivity index (χ0v) is 15.9. The summed E-state index contributed by atoms with van der Waals surface area (Å²) in [7, 11) is 0. The van der Waals surface area contributed by atoms with Gasteiger partial charge in [0.25, 0.3) is 0 Å². The number of imidazole rings is 1. The summed E-state index contributed by atoms with van der Waals surface area (Å²) in [4.78, 5) is 23.8. The second-order valence-electron chi connectivity index (χ2n) is 7.16. The van der Waals surface area contributed by atoms with Gasteiger partial charge in [-0.3, -0.25) is 0 Å². The predicted octanol–water partition coefficient (Wildman–Crippen LogP) is 3.85. The van der Waals surface area contributed by atoms with Crippen LogP contribution in [0, 0.1) is 0 Å². The molecular formula is C22H21N5O2. The average Bonchev–Trinajstić information content (AvgIpc) is 3.51. The fraction of sp³-hybridized carbons (Fsp3) is 0.227. The summed E-state index contributed by atoms with van der Waals surface area (Å²) >= 11 is 0. The zero-order chi connectivity index (χ0) is 19.6. The van der Waals surface area contributed by atoms with Crippen molar-refractivity contribution in [1.82, 2.24) is 24.8 Å². The van der Waals surface area contributed by atoms with E-state index in [1.54, 1.807) is 12.5 Å². The maximum Gasteiger partial charge on any atom is 0.317 e. The molecule has 0 bridgehead atoms. The summed E-state index contributed by atoms with van der Waals surface area (Å²) in [6, 6.07) is 17.6. The van der Waals surface area contributed by atoms with Gasteiger partial charge in [-0.2, -0.15) is 0 Å². The average molecular weight is 387 g/mol. The van der Waals surface area contributed by atoms with Crippen molar-refractivity contribution >= 4 is 17.2 Å². The Bertz CT molecular complexity index is 1120. The molecule has 1 aliphatic heterocycles. The number of furan rings is 1. The monoisotopic (exact) mass is 387 g/mol. The molecule has 1 aromatic carbocycles. The number of urea groups is 1. The quantitative estimate of drug-likeness (QED) is 0.577. The standard InChI is InChI=1S/C22H21N5O2/c28-22(24-14-16-6-2-1-3-7-16)26-12-10-17(15-26)27-20-18(8-4-11-23-20)25-21(27)19-9-5-13-29-19/h1-9,11,13,17H,10,12,14-15H2,(H,24,28)/t17-/m1/s1. The lowest BCUT2D eigenvalue weighted by atomic mass is 10.2.